The van der Waals surface area contributed by atoms with Crippen LogP contribution in [0.25, 0.3) is 0 Å². The van der Waals surface area contributed by atoms with Crippen molar-refractivity contribution in [3.8, 4) is 0 Å². The Morgan fingerprint density at radius 2 is 2.25 bits per heavy atom. The summed E-state index contributed by atoms with van der Waals surface area (Å²) in [6.07, 6.45) is 2.62. The molecule has 0 bridgehead atoms. The Hall–Kier alpha value is -1.09. The summed E-state index contributed by atoms with van der Waals surface area (Å²) in [6, 6.07) is 3.59. The molecule has 4 heteroatoms. The fraction of sp³-hybridized carbons (Fsp3) is 0.500. The van der Waals surface area contributed by atoms with Crippen LogP contribution in [0.3, 0.4) is 0 Å². The van der Waals surface area contributed by atoms with Crippen molar-refractivity contribution >= 4 is 17.5 Å². The van der Waals surface area contributed by atoms with Crippen molar-refractivity contribution in [2.24, 2.45) is 0 Å². The van der Waals surface area contributed by atoms with E-state index in [1.54, 1.807) is 17.2 Å². The monoisotopic (exact) mass is 240 g/mol. The maximum absolute atomic E-state index is 12.2. The van der Waals surface area contributed by atoms with Crippen LogP contribution >= 0.6 is 11.6 Å². The zero-order valence-electron chi connectivity index (χ0n) is 9.74. The number of nitrogens with zero attached hydrogens (tertiary/aromatic N) is 2. The maximum atomic E-state index is 12.2. The smallest absolute Gasteiger partial charge is 0.255 e. The van der Waals surface area contributed by atoms with E-state index in [1.165, 1.54) is 0 Å². The van der Waals surface area contributed by atoms with Gasteiger partial charge in [0.15, 0.2) is 0 Å². The van der Waals surface area contributed by atoms with Crippen LogP contribution in [0.1, 0.15) is 29.4 Å². The highest BCUT2D eigenvalue weighted by atomic mass is 35.5. The van der Waals surface area contributed by atoms with Crippen LogP contribution in [0.15, 0.2) is 18.3 Å². The molecule has 0 aliphatic rings. The normalized spacial score (nSPS) is 10.2. The molecule has 0 aliphatic carbocycles. The van der Waals surface area contributed by atoms with Gasteiger partial charge in [0.25, 0.3) is 5.91 Å². The summed E-state index contributed by atoms with van der Waals surface area (Å²) in [6.45, 7) is 5.21. The number of rotatable bonds is 5. The van der Waals surface area contributed by atoms with Gasteiger partial charge in [-0.25, -0.2) is 0 Å². The van der Waals surface area contributed by atoms with Gasteiger partial charge in [-0.2, -0.15) is 0 Å². The summed E-state index contributed by atoms with van der Waals surface area (Å²) < 4.78 is 0. The second-order valence-electron chi connectivity index (χ2n) is 3.62. The summed E-state index contributed by atoms with van der Waals surface area (Å²) in [5, 5.41) is 0. The van der Waals surface area contributed by atoms with E-state index in [1.807, 2.05) is 19.9 Å². The third-order valence-corrected chi connectivity index (χ3v) is 2.54. The van der Waals surface area contributed by atoms with Gasteiger partial charge in [0, 0.05) is 30.9 Å². The molecule has 1 aromatic rings. The Kier molecular flexibility index (Phi) is 5.26. The van der Waals surface area contributed by atoms with E-state index >= 15 is 0 Å². The molecule has 0 atom stereocenters. The van der Waals surface area contributed by atoms with Crippen molar-refractivity contribution in [2.45, 2.75) is 20.3 Å². The summed E-state index contributed by atoms with van der Waals surface area (Å²) in [5.41, 5.74) is 1.43. The summed E-state index contributed by atoms with van der Waals surface area (Å²) in [4.78, 5) is 18.1. The highest BCUT2D eigenvalue weighted by Gasteiger charge is 2.16. The Morgan fingerprint density at radius 1 is 1.50 bits per heavy atom. The zero-order chi connectivity index (χ0) is 12.0. The van der Waals surface area contributed by atoms with E-state index in [0.29, 0.717) is 18.0 Å². The van der Waals surface area contributed by atoms with Crippen molar-refractivity contribution in [3.63, 3.8) is 0 Å². The molecule has 0 N–H and O–H groups in total. The number of hydrogen-bond donors (Lipinski definition) is 0. The number of carbonyl (C=O) groups excluding carboxylic acids is 1. The molecule has 88 valence electrons. The number of halogens is 1. The molecule has 0 saturated heterocycles. The van der Waals surface area contributed by atoms with Gasteiger partial charge in [0.1, 0.15) is 0 Å². The topological polar surface area (TPSA) is 33.2 Å². The molecule has 0 saturated carbocycles. The molecule has 1 amide bonds. The van der Waals surface area contributed by atoms with Crippen LogP contribution in [0.4, 0.5) is 0 Å². The van der Waals surface area contributed by atoms with E-state index in [9.17, 15) is 4.79 Å². The van der Waals surface area contributed by atoms with E-state index in [-0.39, 0.29) is 5.91 Å². The van der Waals surface area contributed by atoms with Gasteiger partial charge >= 0.3 is 0 Å². The molecule has 1 heterocycles. The summed E-state index contributed by atoms with van der Waals surface area (Å²) in [5.74, 6) is 0.485. The van der Waals surface area contributed by atoms with Crippen LogP contribution in [-0.2, 0) is 0 Å². The number of amides is 1. The number of alkyl halides is 1. The van der Waals surface area contributed by atoms with Crippen molar-refractivity contribution in [2.75, 3.05) is 19.0 Å². The van der Waals surface area contributed by atoms with Gasteiger partial charge in [-0.1, -0.05) is 6.92 Å². The molecular weight excluding hydrogens is 224 g/mol. The van der Waals surface area contributed by atoms with Crippen molar-refractivity contribution in [3.05, 3.63) is 29.6 Å². The first kappa shape index (κ1) is 13.0. The Bertz CT molecular complexity index is 349. The minimum absolute atomic E-state index is 0.0214. The predicted octanol–water partition coefficient (Wildman–Crippen LogP) is 2.48. The Morgan fingerprint density at radius 3 is 2.81 bits per heavy atom. The molecule has 1 rings (SSSR count). The molecule has 0 spiro atoms. The fourth-order valence-electron chi connectivity index (χ4n) is 1.57. The average Bonchev–Trinajstić information content (AvgIpc) is 2.28. The standard InChI is InChI=1S/C12H17ClN2O/c1-3-8-15(9-6-13)12(16)11-5-4-7-14-10(11)2/h4-5,7H,3,6,8-9H2,1-2H3. The van der Waals surface area contributed by atoms with Crippen LogP contribution in [0, 0.1) is 6.92 Å². The lowest BCUT2D eigenvalue weighted by atomic mass is 10.2. The first-order valence-corrected chi connectivity index (χ1v) is 6.01. The molecule has 16 heavy (non-hydrogen) atoms. The zero-order valence-corrected chi connectivity index (χ0v) is 10.5. The Labute approximate surface area is 101 Å². The lowest BCUT2D eigenvalue weighted by molar-refractivity contribution is 0.0764. The minimum Gasteiger partial charge on any atom is -0.337 e. The van der Waals surface area contributed by atoms with Gasteiger partial charge in [-0.3, -0.25) is 9.78 Å². The predicted molar refractivity (Wildman–Crippen MR) is 65.9 cm³/mol. The van der Waals surface area contributed by atoms with Gasteiger partial charge in [0.05, 0.1) is 5.56 Å². The summed E-state index contributed by atoms with van der Waals surface area (Å²) >= 11 is 5.69. The lowest BCUT2D eigenvalue weighted by Gasteiger charge is -2.21. The van der Waals surface area contributed by atoms with Crippen LogP contribution < -0.4 is 0 Å². The van der Waals surface area contributed by atoms with Gasteiger partial charge in [-0.05, 0) is 25.5 Å². The van der Waals surface area contributed by atoms with Gasteiger partial charge in [-0.15, -0.1) is 11.6 Å². The molecule has 0 unspecified atom stereocenters. The Balaban J connectivity index is 2.85. The third kappa shape index (κ3) is 3.20. The molecule has 0 fully saturated rings. The molecular formula is C12H17ClN2O. The van der Waals surface area contributed by atoms with Crippen LogP contribution in [-0.4, -0.2) is 34.8 Å². The van der Waals surface area contributed by atoms with E-state index in [2.05, 4.69) is 4.98 Å². The third-order valence-electron chi connectivity index (χ3n) is 2.37. The molecule has 1 aromatic heterocycles. The highest BCUT2D eigenvalue weighted by Crippen LogP contribution is 2.08. The quantitative estimate of drug-likeness (QED) is 0.741. The first-order chi connectivity index (χ1) is 7.70. The van der Waals surface area contributed by atoms with E-state index in [0.717, 1.165) is 18.7 Å². The highest BCUT2D eigenvalue weighted by molar-refractivity contribution is 6.18. The molecule has 3 nitrogen and oxygen atoms in total. The summed E-state index contributed by atoms with van der Waals surface area (Å²) in [7, 11) is 0. The second kappa shape index (κ2) is 6.48. The number of hydrogen-bond acceptors (Lipinski definition) is 2. The fourth-order valence-corrected chi connectivity index (χ4v) is 1.77. The molecule has 0 radical (unpaired) electrons. The van der Waals surface area contributed by atoms with E-state index < -0.39 is 0 Å². The van der Waals surface area contributed by atoms with Gasteiger partial charge in [0.2, 0.25) is 0 Å². The lowest BCUT2D eigenvalue weighted by Crippen LogP contribution is -2.34. The number of pyridine rings is 1. The first-order valence-electron chi connectivity index (χ1n) is 5.47. The van der Waals surface area contributed by atoms with Crippen LogP contribution in [0.2, 0.25) is 0 Å². The molecule has 0 aliphatic heterocycles. The van der Waals surface area contributed by atoms with Gasteiger partial charge < -0.3 is 4.90 Å². The largest absolute Gasteiger partial charge is 0.337 e. The molecule has 0 aromatic carbocycles. The van der Waals surface area contributed by atoms with Crippen LogP contribution in [0.5, 0.6) is 0 Å². The number of aromatic nitrogens is 1. The number of aryl methyl sites for hydroxylation is 1. The average molecular weight is 241 g/mol. The van der Waals surface area contributed by atoms with Crippen molar-refractivity contribution in [1.82, 2.24) is 9.88 Å². The second-order valence-corrected chi connectivity index (χ2v) is 4.00. The van der Waals surface area contributed by atoms with E-state index in [4.69, 9.17) is 11.6 Å². The maximum Gasteiger partial charge on any atom is 0.255 e. The van der Waals surface area contributed by atoms with Crippen molar-refractivity contribution < 1.29 is 4.79 Å². The van der Waals surface area contributed by atoms with Crippen molar-refractivity contribution in [1.29, 1.82) is 0 Å². The number of carbonyl (C=O) groups is 1. The minimum atomic E-state index is 0.0214. The SMILES string of the molecule is CCCN(CCCl)C(=O)c1cccnc1C.